The molecule has 2 nitrogen and oxygen atoms in total. The molecule has 1 heterocycles. The highest BCUT2D eigenvalue weighted by Gasteiger charge is 2.11. The van der Waals surface area contributed by atoms with Gasteiger partial charge >= 0.3 is 0 Å². The molecule has 3 aromatic carbocycles. The van der Waals surface area contributed by atoms with E-state index in [0.29, 0.717) is 21.9 Å². The second kappa shape index (κ2) is 4.19. The normalized spacial score (nSPS) is 11.5. The van der Waals surface area contributed by atoms with Crippen molar-refractivity contribution in [1.29, 1.82) is 0 Å². The second-order valence-corrected chi connectivity index (χ2v) is 5.52. The Balaban J connectivity index is 2.31. The molecule has 0 aliphatic rings. The number of rotatable bonds is 0. The molecule has 0 aliphatic carbocycles. The Hall–Kier alpha value is -2.61. The summed E-state index contributed by atoms with van der Waals surface area (Å²) in [4.78, 5) is 12.9. The van der Waals surface area contributed by atoms with Crippen molar-refractivity contribution >= 4 is 32.7 Å². The molecule has 4 aromatic rings. The van der Waals surface area contributed by atoms with Gasteiger partial charge in [-0.1, -0.05) is 30.3 Å². The number of hydrogen-bond acceptors (Lipinski definition) is 2. The molecular weight excluding hydrogens is 260 g/mol. The fourth-order valence-electron chi connectivity index (χ4n) is 2.88. The number of fused-ring (bicyclic) bond motifs is 4. The number of benzene rings is 3. The van der Waals surface area contributed by atoms with Gasteiger partial charge in [-0.3, -0.25) is 4.79 Å². The highest BCUT2D eigenvalue weighted by molar-refractivity contribution is 6.08. The summed E-state index contributed by atoms with van der Waals surface area (Å²) in [5, 5.41) is 3.33. The van der Waals surface area contributed by atoms with Gasteiger partial charge in [-0.15, -0.1) is 0 Å². The van der Waals surface area contributed by atoms with Crippen LogP contribution in [0.4, 0.5) is 0 Å². The van der Waals surface area contributed by atoms with E-state index in [4.69, 9.17) is 4.42 Å². The first-order chi connectivity index (χ1) is 10.1. The highest BCUT2D eigenvalue weighted by Crippen LogP contribution is 2.27. The summed E-state index contributed by atoms with van der Waals surface area (Å²) in [7, 11) is 0. The van der Waals surface area contributed by atoms with Gasteiger partial charge in [0.25, 0.3) is 0 Å². The minimum absolute atomic E-state index is 0.0474. The lowest BCUT2D eigenvalue weighted by Gasteiger charge is -2.07. The maximum atomic E-state index is 12.9. The third-order valence-electron chi connectivity index (χ3n) is 4.18. The summed E-state index contributed by atoms with van der Waals surface area (Å²) in [6.45, 7) is 4.04. The Morgan fingerprint density at radius 3 is 2.43 bits per heavy atom. The van der Waals surface area contributed by atoms with Crippen LogP contribution >= 0.6 is 0 Å². The van der Waals surface area contributed by atoms with Crippen LogP contribution in [0.25, 0.3) is 32.7 Å². The molecule has 0 saturated heterocycles. The molecule has 2 heteroatoms. The van der Waals surface area contributed by atoms with Gasteiger partial charge in [0, 0.05) is 0 Å². The standard InChI is InChI=1S/C19H14O2/c1-11-9-15-17(10-12(11)2)21-16-8-7-13-5-3-4-6-14(13)18(16)19(15)20/h3-10H,1-2H3. The first-order valence-corrected chi connectivity index (χ1v) is 7.01. The molecule has 0 radical (unpaired) electrons. The molecule has 0 unspecified atom stereocenters. The molecule has 102 valence electrons. The van der Waals surface area contributed by atoms with Crippen LogP contribution in [0, 0.1) is 13.8 Å². The molecule has 0 N–H and O–H groups in total. The molecule has 1 aromatic heterocycles. The van der Waals surface area contributed by atoms with Crippen molar-refractivity contribution in [3.63, 3.8) is 0 Å². The molecule has 0 saturated carbocycles. The smallest absolute Gasteiger partial charge is 0.201 e. The predicted molar refractivity (Wildman–Crippen MR) is 87.0 cm³/mol. The van der Waals surface area contributed by atoms with Gasteiger partial charge in [-0.2, -0.15) is 0 Å². The summed E-state index contributed by atoms with van der Waals surface area (Å²) in [6, 6.07) is 15.7. The molecule has 0 atom stereocenters. The van der Waals surface area contributed by atoms with Gasteiger partial charge in [0.15, 0.2) is 0 Å². The number of hydrogen-bond donors (Lipinski definition) is 0. The lowest BCUT2D eigenvalue weighted by molar-refractivity contribution is 0.660. The molecule has 4 rings (SSSR count). The monoisotopic (exact) mass is 274 g/mol. The molecule has 21 heavy (non-hydrogen) atoms. The van der Waals surface area contributed by atoms with Gasteiger partial charge < -0.3 is 4.42 Å². The van der Waals surface area contributed by atoms with Crippen LogP contribution in [0.3, 0.4) is 0 Å². The molecule has 0 spiro atoms. The van der Waals surface area contributed by atoms with Crippen molar-refractivity contribution in [3.05, 3.63) is 69.9 Å². The first-order valence-electron chi connectivity index (χ1n) is 7.01. The van der Waals surface area contributed by atoms with E-state index < -0.39 is 0 Å². The fourth-order valence-corrected chi connectivity index (χ4v) is 2.88. The summed E-state index contributed by atoms with van der Waals surface area (Å²) in [5.74, 6) is 0. The third-order valence-corrected chi connectivity index (χ3v) is 4.18. The van der Waals surface area contributed by atoms with Crippen LogP contribution in [0.1, 0.15) is 11.1 Å². The highest BCUT2D eigenvalue weighted by atomic mass is 16.3. The maximum Gasteiger partial charge on any atom is 0.201 e. The largest absolute Gasteiger partial charge is 0.456 e. The van der Waals surface area contributed by atoms with Crippen LogP contribution in [0.15, 0.2) is 57.7 Å². The molecular formula is C19H14O2. The third kappa shape index (κ3) is 1.69. The van der Waals surface area contributed by atoms with E-state index in [1.807, 2.05) is 62.4 Å². The van der Waals surface area contributed by atoms with Gasteiger partial charge in [-0.05, 0) is 53.9 Å². The van der Waals surface area contributed by atoms with Gasteiger partial charge in [-0.25, -0.2) is 0 Å². The van der Waals surface area contributed by atoms with E-state index in [9.17, 15) is 4.79 Å². The minimum Gasteiger partial charge on any atom is -0.456 e. The average Bonchev–Trinajstić information content (AvgIpc) is 2.49. The van der Waals surface area contributed by atoms with Crippen molar-refractivity contribution in [2.45, 2.75) is 13.8 Å². The van der Waals surface area contributed by atoms with Crippen LogP contribution in [-0.4, -0.2) is 0 Å². The topological polar surface area (TPSA) is 30.2 Å². The quantitative estimate of drug-likeness (QED) is 0.343. The SMILES string of the molecule is Cc1cc2oc3ccc4ccccc4c3c(=O)c2cc1C. The first kappa shape index (κ1) is 12.2. The Morgan fingerprint density at radius 1 is 0.810 bits per heavy atom. The van der Waals surface area contributed by atoms with E-state index in [1.54, 1.807) is 0 Å². The van der Waals surface area contributed by atoms with Crippen molar-refractivity contribution in [3.8, 4) is 0 Å². The Kier molecular flexibility index (Phi) is 2.43. The van der Waals surface area contributed by atoms with E-state index in [1.165, 1.54) is 0 Å². The summed E-state index contributed by atoms with van der Waals surface area (Å²) in [5.41, 5.74) is 3.59. The van der Waals surface area contributed by atoms with Crippen LogP contribution < -0.4 is 5.43 Å². The van der Waals surface area contributed by atoms with Gasteiger partial charge in [0.05, 0.1) is 10.8 Å². The zero-order valence-electron chi connectivity index (χ0n) is 11.9. The molecule has 0 fully saturated rings. The second-order valence-electron chi connectivity index (χ2n) is 5.52. The van der Waals surface area contributed by atoms with Crippen molar-refractivity contribution in [2.75, 3.05) is 0 Å². The van der Waals surface area contributed by atoms with Crippen LogP contribution in [0.2, 0.25) is 0 Å². The fraction of sp³-hybridized carbons (Fsp3) is 0.105. The van der Waals surface area contributed by atoms with Crippen molar-refractivity contribution in [2.24, 2.45) is 0 Å². The van der Waals surface area contributed by atoms with Gasteiger partial charge in [0.1, 0.15) is 11.2 Å². The summed E-state index contributed by atoms with van der Waals surface area (Å²) >= 11 is 0. The summed E-state index contributed by atoms with van der Waals surface area (Å²) in [6.07, 6.45) is 0. The van der Waals surface area contributed by atoms with Crippen molar-refractivity contribution in [1.82, 2.24) is 0 Å². The summed E-state index contributed by atoms with van der Waals surface area (Å²) < 4.78 is 5.97. The Bertz CT molecular complexity index is 1070. The van der Waals surface area contributed by atoms with E-state index in [2.05, 4.69) is 0 Å². The zero-order chi connectivity index (χ0) is 14.6. The lowest BCUT2D eigenvalue weighted by Crippen LogP contribution is -2.03. The maximum absolute atomic E-state index is 12.9. The molecule has 0 amide bonds. The molecule has 0 bridgehead atoms. The van der Waals surface area contributed by atoms with E-state index in [-0.39, 0.29) is 5.43 Å². The van der Waals surface area contributed by atoms with Crippen LogP contribution in [0.5, 0.6) is 0 Å². The zero-order valence-corrected chi connectivity index (χ0v) is 11.9. The van der Waals surface area contributed by atoms with Crippen molar-refractivity contribution < 1.29 is 4.42 Å². The van der Waals surface area contributed by atoms with Gasteiger partial charge in [0.2, 0.25) is 5.43 Å². The van der Waals surface area contributed by atoms with E-state index >= 15 is 0 Å². The minimum atomic E-state index is 0.0474. The average molecular weight is 274 g/mol. The predicted octanol–water partition coefficient (Wildman–Crippen LogP) is 4.72. The Labute approximate surface area is 121 Å². The molecule has 0 aliphatic heterocycles. The van der Waals surface area contributed by atoms with Crippen LogP contribution in [-0.2, 0) is 0 Å². The Morgan fingerprint density at radius 2 is 1.57 bits per heavy atom. The van der Waals surface area contributed by atoms with E-state index in [0.717, 1.165) is 21.9 Å². The lowest BCUT2D eigenvalue weighted by atomic mass is 10.0. The number of aryl methyl sites for hydroxylation is 2.